The molecule has 0 spiro atoms. The van der Waals surface area contributed by atoms with Gasteiger partial charge in [0.15, 0.2) is 5.16 Å². The Morgan fingerprint density at radius 2 is 2.10 bits per heavy atom. The number of esters is 1. The van der Waals surface area contributed by atoms with Gasteiger partial charge in [-0.25, -0.2) is 9.78 Å². The van der Waals surface area contributed by atoms with Crippen LogP contribution in [0.25, 0.3) is 0 Å². The van der Waals surface area contributed by atoms with Crippen molar-refractivity contribution in [3.05, 3.63) is 38.1 Å². The van der Waals surface area contributed by atoms with Gasteiger partial charge in [0.1, 0.15) is 5.00 Å². The third-order valence-electron chi connectivity index (χ3n) is 4.58. The molecule has 0 unspecified atom stereocenters. The quantitative estimate of drug-likeness (QED) is 0.390. The molecule has 1 aliphatic carbocycles. The molecule has 156 valence electrons. The summed E-state index contributed by atoms with van der Waals surface area (Å²) in [5.74, 6) is -0.438. The minimum absolute atomic E-state index is 0.0787. The highest BCUT2D eigenvalue weighted by atomic mass is 32.2. The summed E-state index contributed by atoms with van der Waals surface area (Å²) in [6, 6.07) is 1.47. The Labute approximate surface area is 177 Å². The summed E-state index contributed by atoms with van der Waals surface area (Å²) in [6.45, 7) is 5.97. The number of fused-ring (bicyclic) bond motifs is 1. The maximum atomic E-state index is 12.5. The zero-order valence-corrected chi connectivity index (χ0v) is 18.4. The number of rotatable bonds is 7. The lowest BCUT2D eigenvalue weighted by atomic mass is 9.95. The van der Waals surface area contributed by atoms with Crippen LogP contribution >= 0.6 is 23.1 Å². The number of hydrogen-bond acceptors (Lipinski definition) is 7. The fourth-order valence-corrected chi connectivity index (χ4v) is 5.16. The number of anilines is 1. The van der Waals surface area contributed by atoms with E-state index in [1.807, 2.05) is 13.8 Å². The van der Waals surface area contributed by atoms with Crippen LogP contribution in [-0.2, 0) is 22.4 Å². The molecule has 0 aliphatic heterocycles. The fourth-order valence-electron chi connectivity index (χ4n) is 3.19. The molecule has 29 heavy (non-hydrogen) atoms. The van der Waals surface area contributed by atoms with Crippen molar-refractivity contribution in [3.63, 3.8) is 0 Å². The van der Waals surface area contributed by atoms with Crippen LogP contribution in [0, 0.1) is 0 Å². The second kappa shape index (κ2) is 9.58. The lowest BCUT2D eigenvalue weighted by molar-refractivity contribution is -0.113. The Bertz CT molecular complexity index is 965. The van der Waals surface area contributed by atoms with Gasteiger partial charge in [0, 0.05) is 10.9 Å². The monoisotopic (exact) mass is 435 g/mol. The van der Waals surface area contributed by atoms with Crippen molar-refractivity contribution in [1.29, 1.82) is 0 Å². The van der Waals surface area contributed by atoms with Crippen molar-refractivity contribution in [2.45, 2.75) is 57.5 Å². The zero-order valence-electron chi connectivity index (χ0n) is 16.8. The molecule has 2 aromatic heterocycles. The molecule has 3 rings (SSSR count). The summed E-state index contributed by atoms with van der Waals surface area (Å²) < 4.78 is 5.21. The lowest BCUT2D eigenvalue weighted by Gasteiger charge is -2.12. The summed E-state index contributed by atoms with van der Waals surface area (Å²) >= 11 is 2.62. The summed E-state index contributed by atoms with van der Waals surface area (Å²) in [6.07, 6.45) is 3.87. The molecule has 0 aromatic carbocycles. The largest absolute Gasteiger partial charge is 0.462 e. The maximum absolute atomic E-state index is 12.5. The molecule has 0 fully saturated rings. The SMILES string of the molecule is CCOC(=O)c1c(NC(=O)CSc2nc(C(C)C)cc(=O)[nH]2)sc2c1CCCC2. The Morgan fingerprint density at radius 3 is 2.83 bits per heavy atom. The molecule has 2 aromatic rings. The number of aromatic nitrogens is 2. The van der Waals surface area contributed by atoms with E-state index in [4.69, 9.17) is 4.74 Å². The van der Waals surface area contributed by atoms with Gasteiger partial charge in [0.2, 0.25) is 5.91 Å². The number of hydrogen-bond donors (Lipinski definition) is 2. The third-order valence-corrected chi connectivity index (χ3v) is 6.66. The number of amides is 1. The Morgan fingerprint density at radius 1 is 1.34 bits per heavy atom. The van der Waals surface area contributed by atoms with Gasteiger partial charge in [-0.3, -0.25) is 9.59 Å². The average molecular weight is 436 g/mol. The van der Waals surface area contributed by atoms with E-state index < -0.39 is 0 Å². The molecule has 0 atom stereocenters. The van der Waals surface area contributed by atoms with Gasteiger partial charge >= 0.3 is 5.97 Å². The summed E-state index contributed by atoms with van der Waals surface area (Å²) in [5.41, 5.74) is 1.96. The Balaban J connectivity index is 1.73. The van der Waals surface area contributed by atoms with E-state index in [1.54, 1.807) is 6.92 Å². The van der Waals surface area contributed by atoms with Crippen LogP contribution in [0.2, 0.25) is 0 Å². The average Bonchev–Trinajstić information content (AvgIpc) is 3.04. The van der Waals surface area contributed by atoms with Gasteiger partial charge < -0.3 is 15.0 Å². The molecule has 0 radical (unpaired) electrons. The highest BCUT2D eigenvalue weighted by molar-refractivity contribution is 7.99. The zero-order chi connectivity index (χ0) is 21.0. The van der Waals surface area contributed by atoms with Crippen molar-refractivity contribution in [3.8, 4) is 0 Å². The number of ether oxygens (including phenoxy) is 1. The van der Waals surface area contributed by atoms with Crippen LogP contribution in [0.15, 0.2) is 16.0 Å². The van der Waals surface area contributed by atoms with Crippen molar-refractivity contribution in [2.24, 2.45) is 0 Å². The van der Waals surface area contributed by atoms with E-state index >= 15 is 0 Å². The summed E-state index contributed by atoms with van der Waals surface area (Å²) in [5, 5.41) is 3.83. The molecule has 2 N–H and O–H groups in total. The van der Waals surface area contributed by atoms with Crippen molar-refractivity contribution in [2.75, 3.05) is 17.7 Å². The molecule has 9 heteroatoms. The van der Waals surface area contributed by atoms with Crippen LogP contribution in [0.5, 0.6) is 0 Å². The predicted octanol–water partition coefficient (Wildman–Crippen LogP) is 3.74. The van der Waals surface area contributed by atoms with E-state index in [0.29, 0.717) is 21.4 Å². The number of H-pyrrole nitrogens is 1. The molecule has 7 nitrogen and oxygen atoms in total. The number of carbonyl (C=O) groups is 2. The lowest BCUT2D eigenvalue weighted by Crippen LogP contribution is -2.18. The second-order valence-corrected chi connectivity index (χ2v) is 9.17. The van der Waals surface area contributed by atoms with Crippen LogP contribution < -0.4 is 10.9 Å². The minimum Gasteiger partial charge on any atom is -0.462 e. The highest BCUT2D eigenvalue weighted by Gasteiger charge is 2.27. The van der Waals surface area contributed by atoms with Crippen LogP contribution in [-0.4, -0.2) is 34.2 Å². The van der Waals surface area contributed by atoms with E-state index in [2.05, 4.69) is 15.3 Å². The molecule has 1 amide bonds. The fraction of sp³-hybridized carbons (Fsp3) is 0.500. The van der Waals surface area contributed by atoms with E-state index in [9.17, 15) is 14.4 Å². The number of nitrogens with one attached hydrogen (secondary N) is 2. The number of aromatic amines is 1. The first-order valence-electron chi connectivity index (χ1n) is 9.74. The number of nitrogens with zero attached hydrogens (tertiary/aromatic N) is 1. The maximum Gasteiger partial charge on any atom is 0.341 e. The minimum atomic E-state index is -0.384. The highest BCUT2D eigenvalue weighted by Crippen LogP contribution is 2.38. The van der Waals surface area contributed by atoms with Crippen LogP contribution in [0.4, 0.5) is 5.00 Å². The van der Waals surface area contributed by atoms with Crippen molar-refractivity contribution < 1.29 is 14.3 Å². The standard InChI is InChI=1S/C20H25N3O4S2/c1-4-27-19(26)17-12-7-5-6-8-14(12)29-18(17)22-16(25)10-28-20-21-13(11(2)3)9-15(24)23-20/h9,11H,4-8,10H2,1-3H3,(H,22,25)(H,21,23,24). The first-order valence-corrected chi connectivity index (χ1v) is 11.5. The second-order valence-electron chi connectivity index (χ2n) is 7.10. The normalized spacial score (nSPS) is 13.2. The van der Waals surface area contributed by atoms with Gasteiger partial charge in [0.25, 0.3) is 5.56 Å². The van der Waals surface area contributed by atoms with Crippen LogP contribution in [0.1, 0.15) is 66.0 Å². The number of thioether (sulfide) groups is 1. The van der Waals surface area contributed by atoms with Gasteiger partial charge in [-0.15, -0.1) is 11.3 Å². The van der Waals surface area contributed by atoms with E-state index in [1.165, 1.54) is 17.4 Å². The number of aryl methyl sites for hydroxylation is 1. The van der Waals surface area contributed by atoms with Crippen molar-refractivity contribution in [1.82, 2.24) is 9.97 Å². The predicted molar refractivity (Wildman–Crippen MR) is 115 cm³/mol. The Kier molecular flexibility index (Phi) is 7.13. The van der Waals surface area contributed by atoms with E-state index in [-0.39, 0.29) is 35.7 Å². The van der Waals surface area contributed by atoms with Crippen LogP contribution in [0.3, 0.4) is 0 Å². The molecule has 0 saturated carbocycles. The molecule has 2 heterocycles. The first-order chi connectivity index (χ1) is 13.9. The first kappa shape index (κ1) is 21.6. The molecule has 0 saturated heterocycles. The molecular formula is C20H25N3O4S2. The van der Waals surface area contributed by atoms with Gasteiger partial charge in [-0.1, -0.05) is 25.6 Å². The number of thiophene rings is 1. The van der Waals surface area contributed by atoms with E-state index in [0.717, 1.165) is 47.9 Å². The summed E-state index contributed by atoms with van der Waals surface area (Å²) in [4.78, 5) is 45.0. The van der Waals surface area contributed by atoms with Gasteiger partial charge in [0.05, 0.1) is 23.6 Å². The summed E-state index contributed by atoms with van der Waals surface area (Å²) in [7, 11) is 0. The van der Waals surface area contributed by atoms with Gasteiger partial charge in [-0.2, -0.15) is 0 Å². The third kappa shape index (κ3) is 5.27. The number of carbonyl (C=O) groups excluding carboxylic acids is 2. The Hall–Kier alpha value is -2.13. The van der Waals surface area contributed by atoms with Gasteiger partial charge in [-0.05, 0) is 44.1 Å². The molecular weight excluding hydrogens is 410 g/mol. The topological polar surface area (TPSA) is 101 Å². The van der Waals surface area contributed by atoms with Crippen molar-refractivity contribution >= 4 is 40.0 Å². The molecule has 1 aliphatic rings. The smallest absolute Gasteiger partial charge is 0.341 e. The molecule has 0 bridgehead atoms.